The van der Waals surface area contributed by atoms with E-state index in [9.17, 15) is 9.59 Å². The van der Waals surface area contributed by atoms with Gasteiger partial charge in [0.2, 0.25) is 0 Å². The predicted octanol–water partition coefficient (Wildman–Crippen LogP) is 1.96. The van der Waals surface area contributed by atoms with Gasteiger partial charge in [0.25, 0.3) is 11.6 Å². The highest BCUT2D eigenvalue weighted by Crippen LogP contribution is 2.24. The fourth-order valence-electron chi connectivity index (χ4n) is 3.41. The Kier molecular flexibility index (Phi) is 4.43. The molecule has 0 amide bonds. The van der Waals surface area contributed by atoms with Crippen molar-refractivity contribution in [3.8, 4) is 0 Å². The van der Waals surface area contributed by atoms with Gasteiger partial charge < -0.3 is 19.2 Å². The van der Waals surface area contributed by atoms with Crippen LogP contribution < -0.4 is 21.5 Å². The minimum Gasteiger partial charge on any atom is -0.424 e. The van der Waals surface area contributed by atoms with Crippen LogP contribution in [0.15, 0.2) is 38.4 Å². The molecule has 1 aliphatic heterocycles. The Bertz CT molecular complexity index is 1110. The smallest absolute Gasteiger partial charge is 0.330 e. The largest absolute Gasteiger partial charge is 0.424 e. The highest BCUT2D eigenvalue weighted by molar-refractivity contribution is 6.31. The summed E-state index contributed by atoms with van der Waals surface area (Å²) in [7, 11) is 3.15. The van der Waals surface area contributed by atoms with Gasteiger partial charge in [0.05, 0.1) is 0 Å². The molecule has 142 valence electrons. The summed E-state index contributed by atoms with van der Waals surface area (Å²) in [5.74, 6) is 0. The van der Waals surface area contributed by atoms with Crippen molar-refractivity contribution in [3.05, 3.63) is 50.3 Å². The third kappa shape index (κ3) is 3.32. The molecular weight excluding hydrogens is 370 g/mol. The van der Waals surface area contributed by atoms with Gasteiger partial charge in [-0.15, -0.1) is 0 Å². The van der Waals surface area contributed by atoms with Gasteiger partial charge in [-0.05, 0) is 31.0 Å². The van der Waals surface area contributed by atoms with Crippen LogP contribution in [-0.2, 0) is 14.1 Å². The number of aryl methyl sites for hydroxylation is 1. The Labute approximate surface area is 160 Å². The number of aromatic nitrogens is 3. The topological polar surface area (TPSA) is 85.3 Å². The second-order valence-corrected chi connectivity index (χ2v) is 7.25. The molecule has 1 fully saturated rings. The zero-order valence-corrected chi connectivity index (χ0v) is 15.9. The number of benzene rings is 1. The summed E-state index contributed by atoms with van der Waals surface area (Å²) in [6.07, 6.45) is 3.26. The molecule has 8 nitrogen and oxygen atoms in total. The second-order valence-electron chi connectivity index (χ2n) is 6.81. The maximum absolute atomic E-state index is 12.4. The molecule has 3 aromatic rings. The number of hydrogen-bond donors (Lipinski definition) is 1. The predicted molar refractivity (Wildman–Crippen MR) is 105 cm³/mol. The lowest BCUT2D eigenvalue weighted by atomic mass is 10.1. The van der Waals surface area contributed by atoms with Gasteiger partial charge in [0.1, 0.15) is 11.2 Å². The third-order valence-electron chi connectivity index (χ3n) is 4.94. The van der Waals surface area contributed by atoms with Crippen molar-refractivity contribution in [1.29, 1.82) is 0 Å². The number of nitrogens with one attached hydrogen (secondary N) is 1. The molecule has 9 heteroatoms. The van der Waals surface area contributed by atoms with Gasteiger partial charge in [-0.3, -0.25) is 9.36 Å². The van der Waals surface area contributed by atoms with Crippen molar-refractivity contribution in [2.45, 2.75) is 18.9 Å². The van der Waals surface area contributed by atoms with Crippen LogP contribution in [0.1, 0.15) is 12.8 Å². The van der Waals surface area contributed by atoms with E-state index in [0.717, 1.165) is 22.9 Å². The molecule has 1 aromatic carbocycles. The van der Waals surface area contributed by atoms with Crippen molar-refractivity contribution < 1.29 is 4.42 Å². The summed E-state index contributed by atoms with van der Waals surface area (Å²) < 4.78 is 8.29. The normalized spacial score (nSPS) is 15.4. The number of halogens is 1. The van der Waals surface area contributed by atoms with E-state index in [1.54, 1.807) is 31.4 Å². The number of oxazole rings is 1. The summed E-state index contributed by atoms with van der Waals surface area (Å²) >= 11 is 5.98. The lowest BCUT2D eigenvalue weighted by Gasteiger charge is -2.33. The Morgan fingerprint density at radius 3 is 2.70 bits per heavy atom. The maximum atomic E-state index is 12.4. The number of fused-ring (bicyclic) bond motifs is 1. The SMILES string of the molecule is Cn1cc(N2CCC(Nc3nc4cc(Cl)ccc4o3)CC2)c(=O)n(C)c1=O. The van der Waals surface area contributed by atoms with E-state index in [-0.39, 0.29) is 17.3 Å². The van der Waals surface area contributed by atoms with Gasteiger partial charge in [0.15, 0.2) is 5.58 Å². The van der Waals surface area contributed by atoms with E-state index in [4.69, 9.17) is 16.0 Å². The van der Waals surface area contributed by atoms with Gasteiger partial charge in [-0.1, -0.05) is 11.6 Å². The fraction of sp³-hybridized carbons (Fsp3) is 0.389. The lowest BCUT2D eigenvalue weighted by molar-refractivity contribution is 0.501. The lowest BCUT2D eigenvalue weighted by Crippen LogP contribution is -2.45. The zero-order chi connectivity index (χ0) is 19.1. The standard InChI is InChI=1S/C18H20ClN5O3/c1-22-10-14(16(25)23(2)18(22)26)24-7-5-12(6-8-24)20-17-21-13-9-11(19)3-4-15(13)27-17/h3-4,9-10,12H,5-8H2,1-2H3,(H,20,21). The quantitative estimate of drug-likeness (QED) is 0.737. The molecule has 3 heterocycles. The highest BCUT2D eigenvalue weighted by Gasteiger charge is 2.23. The first-order valence-electron chi connectivity index (χ1n) is 8.76. The maximum Gasteiger partial charge on any atom is 0.330 e. The summed E-state index contributed by atoms with van der Waals surface area (Å²) in [4.78, 5) is 30.7. The molecule has 1 aliphatic rings. The highest BCUT2D eigenvalue weighted by atomic mass is 35.5. The first-order valence-corrected chi connectivity index (χ1v) is 9.14. The summed E-state index contributed by atoms with van der Waals surface area (Å²) in [6.45, 7) is 1.41. The summed E-state index contributed by atoms with van der Waals surface area (Å²) in [5.41, 5.74) is 1.37. The van der Waals surface area contributed by atoms with E-state index in [2.05, 4.69) is 10.3 Å². The second kappa shape index (κ2) is 6.77. The van der Waals surface area contributed by atoms with E-state index in [0.29, 0.717) is 35.4 Å². The molecule has 2 aromatic heterocycles. The summed E-state index contributed by atoms with van der Waals surface area (Å²) in [5, 5.41) is 3.94. The van der Waals surface area contributed by atoms with Gasteiger partial charge in [-0.2, -0.15) is 4.98 Å². The molecule has 0 aliphatic carbocycles. The number of nitrogens with zero attached hydrogens (tertiary/aromatic N) is 4. The van der Waals surface area contributed by atoms with Crippen LogP contribution in [0.5, 0.6) is 0 Å². The number of rotatable bonds is 3. The average molecular weight is 390 g/mol. The molecule has 4 rings (SSSR count). The van der Waals surface area contributed by atoms with Crippen LogP contribution in [0.2, 0.25) is 5.02 Å². The summed E-state index contributed by atoms with van der Waals surface area (Å²) in [6, 6.07) is 6.01. The molecule has 0 spiro atoms. The van der Waals surface area contributed by atoms with Crippen LogP contribution in [0.3, 0.4) is 0 Å². The van der Waals surface area contributed by atoms with Crippen LogP contribution in [0.4, 0.5) is 11.7 Å². The van der Waals surface area contributed by atoms with Crippen LogP contribution in [0, 0.1) is 0 Å². The Balaban J connectivity index is 1.46. The minimum absolute atomic E-state index is 0.196. The molecule has 0 radical (unpaired) electrons. The molecule has 1 N–H and O–H groups in total. The Hall–Kier alpha value is -2.74. The molecule has 27 heavy (non-hydrogen) atoms. The number of anilines is 2. The first-order chi connectivity index (χ1) is 12.9. The molecule has 0 bridgehead atoms. The molecule has 0 saturated carbocycles. The fourth-order valence-corrected chi connectivity index (χ4v) is 3.57. The van der Waals surface area contributed by atoms with Crippen LogP contribution in [0.25, 0.3) is 11.1 Å². The number of piperidine rings is 1. The molecular formula is C18H20ClN5O3. The van der Waals surface area contributed by atoms with Crippen molar-refractivity contribution >= 4 is 34.4 Å². The van der Waals surface area contributed by atoms with Crippen molar-refractivity contribution in [2.75, 3.05) is 23.3 Å². The van der Waals surface area contributed by atoms with Crippen molar-refractivity contribution in [1.82, 2.24) is 14.1 Å². The Morgan fingerprint density at radius 1 is 1.22 bits per heavy atom. The van der Waals surface area contributed by atoms with E-state index >= 15 is 0 Å². The zero-order valence-electron chi connectivity index (χ0n) is 15.1. The van der Waals surface area contributed by atoms with E-state index in [1.165, 1.54) is 11.6 Å². The van der Waals surface area contributed by atoms with Crippen molar-refractivity contribution in [3.63, 3.8) is 0 Å². The van der Waals surface area contributed by atoms with Gasteiger partial charge in [0, 0.05) is 44.4 Å². The van der Waals surface area contributed by atoms with Crippen molar-refractivity contribution in [2.24, 2.45) is 14.1 Å². The monoisotopic (exact) mass is 389 g/mol. The Morgan fingerprint density at radius 2 is 1.96 bits per heavy atom. The number of hydrogen-bond acceptors (Lipinski definition) is 6. The van der Waals surface area contributed by atoms with Crippen LogP contribution >= 0.6 is 11.6 Å². The molecule has 0 atom stereocenters. The van der Waals surface area contributed by atoms with Crippen LogP contribution in [-0.4, -0.2) is 33.2 Å². The molecule has 0 unspecified atom stereocenters. The third-order valence-corrected chi connectivity index (χ3v) is 5.18. The first kappa shape index (κ1) is 17.7. The molecule has 1 saturated heterocycles. The van der Waals surface area contributed by atoms with Gasteiger partial charge in [-0.25, -0.2) is 4.79 Å². The minimum atomic E-state index is -0.323. The van der Waals surface area contributed by atoms with Gasteiger partial charge >= 0.3 is 5.69 Å². The average Bonchev–Trinajstić information content (AvgIpc) is 3.05. The van der Waals surface area contributed by atoms with E-state index in [1.807, 2.05) is 4.90 Å². The van der Waals surface area contributed by atoms with E-state index < -0.39 is 0 Å².